The third-order valence-corrected chi connectivity index (χ3v) is 3.13. The van der Waals surface area contributed by atoms with Crippen LogP contribution in [-0.2, 0) is 4.79 Å². The maximum atomic E-state index is 13.3. The lowest BCUT2D eigenvalue weighted by Gasteiger charge is -2.17. The summed E-state index contributed by atoms with van der Waals surface area (Å²) in [6.07, 6.45) is 0.203. The van der Waals surface area contributed by atoms with Gasteiger partial charge in [-0.25, -0.2) is 4.39 Å². The Kier molecular flexibility index (Phi) is 3.08. The molecular formula is C10H8BrClFNO2. The van der Waals surface area contributed by atoms with Crippen LogP contribution in [0.2, 0.25) is 0 Å². The van der Waals surface area contributed by atoms with Crippen molar-refractivity contribution < 1.29 is 14.3 Å². The van der Waals surface area contributed by atoms with Gasteiger partial charge in [-0.05, 0) is 12.1 Å². The molecule has 1 saturated heterocycles. The minimum Gasteiger partial charge on any atom is -0.503 e. The number of carbonyl (C=O) groups excluding carboxylic acids is 1. The Balaban J connectivity index is 2.44. The van der Waals surface area contributed by atoms with E-state index in [9.17, 15) is 14.3 Å². The van der Waals surface area contributed by atoms with E-state index < -0.39 is 11.6 Å². The number of hydrogen-bond donors (Lipinski definition) is 1. The number of amides is 1. The van der Waals surface area contributed by atoms with Gasteiger partial charge in [-0.15, -0.1) is 11.6 Å². The van der Waals surface area contributed by atoms with E-state index in [4.69, 9.17) is 11.6 Å². The predicted octanol–water partition coefficient (Wildman–Crippen LogP) is 2.64. The van der Waals surface area contributed by atoms with E-state index >= 15 is 0 Å². The number of alkyl halides is 1. The molecule has 1 heterocycles. The monoisotopic (exact) mass is 307 g/mol. The molecule has 0 aliphatic carbocycles. The quantitative estimate of drug-likeness (QED) is 0.810. The van der Waals surface area contributed by atoms with E-state index in [1.54, 1.807) is 0 Å². The van der Waals surface area contributed by atoms with Gasteiger partial charge in [-0.1, -0.05) is 15.9 Å². The van der Waals surface area contributed by atoms with Crippen LogP contribution in [0.4, 0.5) is 10.1 Å². The molecule has 1 aliphatic rings. The summed E-state index contributed by atoms with van der Waals surface area (Å²) in [4.78, 5) is 12.8. The fraction of sp³-hybridized carbons (Fsp3) is 0.300. The fourth-order valence-electron chi connectivity index (χ4n) is 1.65. The number of benzene rings is 1. The molecule has 86 valence electrons. The van der Waals surface area contributed by atoms with Gasteiger partial charge in [-0.2, -0.15) is 0 Å². The molecule has 0 aromatic heterocycles. The number of phenols is 1. The van der Waals surface area contributed by atoms with E-state index in [1.165, 1.54) is 11.0 Å². The van der Waals surface area contributed by atoms with Crippen LogP contribution in [0.1, 0.15) is 6.42 Å². The Labute approximate surface area is 105 Å². The second-order valence-electron chi connectivity index (χ2n) is 3.56. The lowest BCUT2D eigenvalue weighted by Crippen LogP contribution is -2.24. The highest BCUT2D eigenvalue weighted by molar-refractivity contribution is 9.10. The zero-order valence-corrected chi connectivity index (χ0v) is 10.4. The van der Waals surface area contributed by atoms with Gasteiger partial charge in [0.25, 0.3) is 0 Å². The van der Waals surface area contributed by atoms with E-state index in [0.717, 1.165) is 6.07 Å². The number of carbonyl (C=O) groups is 1. The molecule has 0 saturated carbocycles. The number of phenolic OH excluding ortho intramolecular Hbond substituents is 1. The topological polar surface area (TPSA) is 40.5 Å². The summed E-state index contributed by atoms with van der Waals surface area (Å²) >= 11 is 8.94. The highest BCUT2D eigenvalue weighted by Gasteiger charge is 2.31. The van der Waals surface area contributed by atoms with Crippen molar-refractivity contribution in [2.24, 2.45) is 0 Å². The van der Waals surface area contributed by atoms with Crippen molar-refractivity contribution in [2.45, 2.75) is 11.8 Å². The van der Waals surface area contributed by atoms with E-state index in [-0.39, 0.29) is 29.9 Å². The van der Waals surface area contributed by atoms with Crippen LogP contribution in [0.5, 0.6) is 5.75 Å². The van der Waals surface area contributed by atoms with Crippen LogP contribution in [0, 0.1) is 5.82 Å². The van der Waals surface area contributed by atoms with Gasteiger partial charge < -0.3 is 10.0 Å². The molecule has 1 atom stereocenters. The predicted molar refractivity (Wildman–Crippen MR) is 62.4 cm³/mol. The molecular weight excluding hydrogens is 300 g/mol. The molecule has 1 aromatic carbocycles. The normalized spacial score (nSPS) is 20.6. The van der Waals surface area contributed by atoms with Crippen molar-refractivity contribution in [3.8, 4) is 5.75 Å². The Hall–Kier alpha value is -0.810. The second kappa shape index (κ2) is 4.22. The zero-order chi connectivity index (χ0) is 11.9. The van der Waals surface area contributed by atoms with Gasteiger partial charge in [0.2, 0.25) is 5.91 Å². The van der Waals surface area contributed by atoms with Gasteiger partial charge in [0.15, 0.2) is 11.6 Å². The average molecular weight is 309 g/mol. The summed E-state index contributed by atoms with van der Waals surface area (Å²) < 4.78 is 13.7. The molecule has 0 bridgehead atoms. The summed E-state index contributed by atoms with van der Waals surface area (Å²) in [5.41, 5.74) is 0.153. The number of hydrogen-bond acceptors (Lipinski definition) is 2. The molecule has 6 heteroatoms. The number of nitrogens with zero attached hydrogens (tertiary/aromatic N) is 1. The third kappa shape index (κ3) is 2.01. The van der Waals surface area contributed by atoms with Crippen LogP contribution >= 0.6 is 27.5 Å². The highest BCUT2D eigenvalue weighted by atomic mass is 79.9. The summed E-state index contributed by atoms with van der Waals surface area (Å²) in [6.45, 7) is 0.282. The number of rotatable bonds is 1. The summed E-state index contributed by atoms with van der Waals surface area (Å²) in [6, 6.07) is 2.63. The number of aromatic hydroxyl groups is 1. The molecule has 16 heavy (non-hydrogen) atoms. The highest BCUT2D eigenvalue weighted by Crippen LogP contribution is 2.36. The Morgan fingerprint density at radius 3 is 2.81 bits per heavy atom. The maximum absolute atomic E-state index is 13.3. The van der Waals surface area contributed by atoms with Crippen LogP contribution < -0.4 is 4.90 Å². The molecule has 1 unspecified atom stereocenters. The SMILES string of the molecule is O=C1CC(Cl)CN1c1cc(Br)cc(F)c1O. The molecule has 0 radical (unpaired) electrons. The van der Waals surface area contributed by atoms with Crippen LogP contribution in [0.15, 0.2) is 16.6 Å². The van der Waals surface area contributed by atoms with Gasteiger partial charge in [0, 0.05) is 17.4 Å². The molecule has 1 aromatic rings. The average Bonchev–Trinajstić information content (AvgIpc) is 2.51. The number of halogens is 3. The minimum atomic E-state index is -0.768. The van der Waals surface area contributed by atoms with Crippen LogP contribution in [0.25, 0.3) is 0 Å². The minimum absolute atomic E-state index is 0.153. The van der Waals surface area contributed by atoms with Gasteiger partial charge in [0.05, 0.1) is 11.1 Å². The van der Waals surface area contributed by atoms with Crippen molar-refractivity contribution in [3.05, 3.63) is 22.4 Å². The maximum Gasteiger partial charge on any atom is 0.228 e. The second-order valence-corrected chi connectivity index (χ2v) is 5.09. The summed E-state index contributed by atoms with van der Waals surface area (Å²) in [5.74, 6) is -1.51. The van der Waals surface area contributed by atoms with Crippen molar-refractivity contribution in [1.82, 2.24) is 0 Å². The Bertz CT molecular complexity index is 455. The molecule has 2 rings (SSSR count). The van der Waals surface area contributed by atoms with Crippen LogP contribution in [-0.4, -0.2) is 22.9 Å². The Morgan fingerprint density at radius 2 is 2.25 bits per heavy atom. The first-order chi connectivity index (χ1) is 7.49. The molecule has 1 aliphatic heterocycles. The standard InChI is InChI=1S/C10H8BrClFNO2/c11-5-1-7(13)10(16)8(2-5)14-4-6(12)3-9(14)15/h1-2,6,16H,3-4H2. The lowest BCUT2D eigenvalue weighted by molar-refractivity contribution is -0.117. The molecule has 1 fully saturated rings. The fourth-order valence-corrected chi connectivity index (χ4v) is 2.34. The molecule has 1 N–H and O–H groups in total. The largest absolute Gasteiger partial charge is 0.503 e. The first kappa shape index (κ1) is 11.7. The van der Waals surface area contributed by atoms with Crippen LogP contribution in [0.3, 0.4) is 0 Å². The Morgan fingerprint density at radius 1 is 1.56 bits per heavy atom. The molecule has 3 nitrogen and oxygen atoms in total. The van der Waals surface area contributed by atoms with Crippen molar-refractivity contribution >= 4 is 39.1 Å². The van der Waals surface area contributed by atoms with E-state index in [1.807, 2.05) is 0 Å². The smallest absolute Gasteiger partial charge is 0.228 e. The first-order valence-corrected chi connectivity index (χ1v) is 5.84. The number of anilines is 1. The van der Waals surface area contributed by atoms with Crippen molar-refractivity contribution in [3.63, 3.8) is 0 Å². The van der Waals surface area contributed by atoms with Crippen molar-refractivity contribution in [1.29, 1.82) is 0 Å². The third-order valence-electron chi connectivity index (χ3n) is 2.38. The van der Waals surface area contributed by atoms with E-state index in [0.29, 0.717) is 4.47 Å². The van der Waals surface area contributed by atoms with E-state index in [2.05, 4.69) is 15.9 Å². The van der Waals surface area contributed by atoms with Gasteiger partial charge >= 0.3 is 0 Å². The summed E-state index contributed by atoms with van der Waals surface area (Å²) in [7, 11) is 0. The zero-order valence-electron chi connectivity index (χ0n) is 8.08. The summed E-state index contributed by atoms with van der Waals surface area (Å²) in [5, 5.41) is 9.26. The molecule has 0 spiro atoms. The molecule has 1 amide bonds. The van der Waals surface area contributed by atoms with Crippen molar-refractivity contribution in [2.75, 3.05) is 11.4 Å². The first-order valence-electron chi connectivity index (χ1n) is 4.61. The van der Waals surface area contributed by atoms with Gasteiger partial charge in [-0.3, -0.25) is 4.79 Å². The lowest BCUT2D eigenvalue weighted by atomic mass is 10.2. The van der Waals surface area contributed by atoms with Gasteiger partial charge in [0.1, 0.15) is 0 Å².